The van der Waals surface area contributed by atoms with Crippen molar-refractivity contribution in [3.63, 3.8) is 0 Å². The summed E-state index contributed by atoms with van der Waals surface area (Å²) in [6.07, 6.45) is 2.13. The molecular weight excluding hydrogens is 299 g/mol. The molecule has 0 amide bonds. The second-order valence-corrected chi connectivity index (χ2v) is 7.93. The zero-order valence-corrected chi connectivity index (χ0v) is 13.0. The lowest BCUT2D eigenvalue weighted by molar-refractivity contribution is 0.554. The number of hydrogen-bond acceptors (Lipinski definition) is 4. The standard InChI is InChI=1S/C13H19FN2O2S2/c1-15-8-10-4-5-13(12(14)7-10)20(17,18)16-9-11-3-2-6-19-11/h4-5,7,11,15-16H,2-3,6,8-9H2,1H3. The smallest absolute Gasteiger partial charge is 0.243 e. The third kappa shape index (κ3) is 3.94. The molecule has 1 aliphatic heterocycles. The second kappa shape index (κ2) is 6.89. The van der Waals surface area contributed by atoms with Gasteiger partial charge in [0.15, 0.2) is 0 Å². The molecular formula is C13H19FN2O2S2. The summed E-state index contributed by atoms with van der Waals surface area (Å²) in [4.78, 5) is -0.277. The molecule has 0 spiro atoms. The van der Waals surface area contributed by atoms with E-state index in [1.54, 1.807) is 24.9 Å². The van der Waals surface area contributed by atoms with Crippen molar-refractivity contribution in [3.05, 3.63) is 29.6 Å². The van der Waals surface area contributed by atoms with Crippen LogP contribution in [0.3, 0.4) is 0 Å². The first kappa shape index (κ1) is 15.8. The fraction of sp³-hybridized carbons (Fsp3) is 0.538. The van der Waals surface area contributed by atoms with Gasteiger partial charge in [-0.3, -0.25) is 0 Å². The minimum Gasteiger partial charge on any atom is -0.316 e. The zero-order valence-electron chi connectivity index (χ0n) is 11.4. The summed E-state index contributed by atoms with van der Waals surface area (Å²) >= 11 is 1.76. The first-order valence-corrected chi connectivity index (χ1v) is 9.10. The average molecular weight is 318 g/mol. The molecule has 4 nitrogen and oxygen atoms in total. The second-order valence-electron chi connectivity index (χ2n) is 4.78. The molecule has 0 aliphatic carbocycles. The van der Waals surface area contributed by atoms with Gasteiger partial charge in [-0.2, -0.15) is 11.8 Å². The van der Waals surface area contributed by atoms with Crippen LogP contribution in [0.15, 0.2) is 23.1 Å². The highest BCUT2D eigenvalue weighted by molar-refractivity contribution is 8.00. The summed E-state index contributed by atoms with van der Waals surface area (Å²) in [6.45, 7) is 0.869. The minimum absolute atomic E-state index is 0.277. The molecule has 1 unspecified atom stereocenters. The van der Waals surface area contributed by atoms with Crippen molar-refractivity contribution in [3.8, 4) is 0 Å². The lowest BCUT2D eigenvalue weighted by atomic mass is 10.2. The normalized spacial score (nSPS) is 19.4. The maximum absolute atomic E-state index is 13.9. The van der Waals surface area contributed by atoms with Crippen LogP contribution in [0, 0.1) is 5.82 Å². The number of sulfonamides is 1. The Bertz CT molecular complexity index is 557. The monoisotopic (exact) mass is 318 g/mol. The van der Waals surface area contributed by atoms with Gasteiger partial charge in [0.1, 0.15) is 10.7 Å². The van der Waals surface area contributed by atoms with Crippen molar-refractivity contribution in [2.75, 3.05) is 19.3 Å². The van der Waals surface area contributed by atoms with E-state index in [1.165, 1.54) is 12.1 Å². The van der Waals surface area contributed by atoms with Gasteiger partial charge in [-0.05, 0) is 43.3 Å². The van der Waals surface area contributed by atoms with Crippen LogP contribution < -0.4 is 10.0 Å². The van der Waals surface area contributed by atoms with Crippen LogP contribution in [0.2, 0.25) is 0 Å². The molecule has 1 aromatic carbocycles. The molecule has 1 aromatic rings. The molecule has 7 heteroatoms. The van der Waals surface area contributed by atoms with E-state index in [9.17, 15) is 12.8 Å². The zero-order chi connectivity index (χ0) is 14.6. The van der Waals surface area contributed by atoms with Crippen molar-refractivity contribution >= 4 is 21.8 Å². The molecule has 1 heterocycles. The Kier molecular flexibility index (Phi) is 5.42. The summed E-state index contributed by atoms with van der Waals surface area (Å²) in [5.41, 5.74) is 0.718. The molecule has 112 valence electrons. The van der Waals surface area contributed by atoms with Gasteiger partial charge in [-0.1, -0.05) is 6.07 Å². The molecule has 1 aliphatic rings. The number of benzene rings is 1. The Morgan fingerprint density at radius 1 is 1.45 bits per heavy atom. The molecule has 2 N–H and O–H groups in total. The van der Waals surface area contributed by atoms with Gasteiger partial charge < -0.3 is 5.32 Å². The highest BCUT2D eigenvalue weighted by atomic mass is 32.2. The van der Waals surface area contributed by atoms with E-state index < -0.39 is 15.8 Å². The highest BCUT2D eigenvalue weighted by Crippen LogP contribution is 2.26. The van der Waals surface area contributed by atoms with Crippen LogP contribution in [0.4, 0.5) is 4.39 Å². The third-order valence-electron chi connectivity index (χ3n) is 3.19. The van der Waals surface area contributed by atoms with Crippen LogP contribution in [0.1, 0.15) is 18.4 Å². The summed E-state index contributed by atoms with van der Waals surface area (Å²) in [5.74, 6) is 0.365. The van der Waals surface area contributed by atoms with E-state index in [0.717, 1.165) is 24.2 Å². The summed E-state index contributed by atoms with van der Waals surface area (Å²) in [7, 11) is -2.02. The van der Waals surface area contributed by atoms with Gasteiger partial charge in [0, 0.05) is 18.3 Å². The minimum atomic E-state index is -3.77. The predicted octanol–water partition coefficient (Wildman–Crippen LogP) is 1.72. The van der Waals surface area contributed by atoms with Crippen molar-refractivity contribution in [2.45, 2.75) is 29.5 Å². The van der Waals surface area contributed by atoms with Crippen LogP contribution >= 0.6 is 11.8 Å². The van der Waals surface area contributed by atoms with E-state index in [2.05, 4.69) is 10.0 Å². The number of rotatable bonds is 6. The van der Waals surface area contributed by atoms with Crippen molar-refractivity contribution < 1.29 is 12.8 Å². The van der Waals surface area contributed by atoms with E-state index in [1.807, 2.05) is 0 Å². The lowest BCUT2D eigenvalue weighted by Crippen LogP contribution is -2.30. The molecule has 0 radical (unpaired) electrons. The molecule has 1 atom stereocenters. The number of hydrogen-bond donors (Lipinski definition) is 2. The molecule has 0 saturated carbocycles. The third-order valence-corrected chi connectivity index (χ3v) is 6.05. The van der Waals surface area contributed by atoms with E-state index in [4.69, 9.17) is 0 Å². The van der Waals surface area contributed by atoms with E-state index >= 15 is 0 Å². The van der Waals surface area contributed by atoms with Crippen LogP contribution in [0.5, 0.6) is 0 Å². The van der Waals surface area contributed by atoms with Gasteiger partial charge in [-0.25, -0.2) is 17.5 Å². The summed E-state index contributed by atoms with van der Waals surface area (Å²) < 4.78 is 40.6. The van der Waals surface area contributed by atoms with Crippen molar-refractivity contribution in [1.29, 1.82) is 0 Å². The Morgan fingerprint density at radius 2 is 2.25 bits per heavy atom. The largest absolute Gasteiger partial charge is 0.316 e. The van der Waals surface area contributed by atoms with Crippen LogP contribution in [-0.4, -0.2) is 33.0 Å². The SMILES string of the molecule is CNCc1ccc(S(=O)(=O)NCC2CCCS2)c(F)c1. The topological polar surface area (TPSA) is 58.2 Å². The van der Waals surface area contributed by atoms with Crippen molar-refractivity contribution in [2.24, 2.45) is 0 Å². The molecule has 0 bridgehead atoms. The van der Waals surface area contributed by atoms with Crippen LogP contribution in [-0.2, 0) is 16.6 Å². The number of thioether (sulfide) groups is 1. The Morgan fingerprint density at radius 3 is 2.85 bits per heavy atom. The van der Waals surface area contributed by atoms with Gasteiger partial charge in [0.25, 0.3) is 0 Å². The van der Waals surface area contributed by atoms with Gasteiger partial charge in [-0.15, -0.1) is 0 Å². The molecule has 0 aromatic heterocycles. The lowest BCUT2D eigenvalue weighted by Gasteiger charge is -2.12. The first-order valence-electron chi connectivity index (χ1n) is 6.57. The molecule has 2 rings (SSSR count). The maximum Gasteiger partial charge on any atom is 0.243 e. The Labute approximate surface area is 123 Å². The number of halogens is 1. The average Bonchev–Trinajstić information content (AvgIpc) is 2.90. The predicted molar refractivity (Wildman–Crippen MR) is 79.8 cm³/mol. The fourth-order valence-electron chi connectivity index (χ4n) is 2.16. The maximum atomic E-state index is 13.9. The van der Waals surface area contributed by atoms with Gasteiger partial charge in [0.2, 0.25) is 10.0 Å². The molecule has 1 fully saturated rings. The molecule has 1 saturated heterocycles. The first-order chi connectivity index (χ1) is 9.53. The highest BCUT2D eigenvalue weighted by Gasteiger charge is 2.22. The van der Waals surface area contributed by atoms with E-state index in [-0.39, 0.29) is 4.90 Å². The summed E-state index contributed by atoms with van der Waals surface area (Å²) in [6, 6.07) is 4.21. The fourth-order valence-corrected chi connectivity index (χ4v) is 4.61. The van der Waals surface area contributed by atoms with Crippen molar-refractivity contribution in [1.82, 2.24) is 10.0 Å². The van der Waals surface area contributed by atoms with Gasteiger partial charge in [0.05, 0.1) is 0 Å². The Balaban J connectivity index is 2.08. The molecule has 20 heavy (non-hydrogen) atoms. The van der Waals surface area contributed by atoms with E-state index in [0.29, 0.717) is 18.3 Å². The summed E-state index contributed by atoms with van der Waals surface area (Å²) in [5, 5.41) is 3.20. The van der Waals surface area contributed by atoms with Gasteiger partial charge >= 0.3 is 0 Å². The number of nitrogens with one attached hydrogen (secondary N) is 2. The quantitative estimate of drug-likeness (QED) is 0.838. The Hall–Kier alpha value is -0.630. The van der Waals surface area contributed by atoms with Crippen LogP contribution in [0.25, 0.3) is 0 Å².